The lowest BCUT2D eigenvalue weighted by molar-refractivity contribution is 0.547. The lowest BCUT2D eigenvalue weighted by Gasteiger charge is -2.09. The van der Waals surface area contributed by atoms with Gasteiger partial charge < -0.3 is 0 Å². The average molecular weight is 170 g/mol. The van der Waals surface area contributed by atoms with Crippen LogP contribution in [0, 0.1) is 0 Å². The van der Waals surface area contributed by atoms with Crippen LogP contribution >= 0.6 is 18.0 Å². The van der Waals surface area contributed by atoms with Crippen molar-refractivity contribution in [3.05, 3.63) is 0 Å². The molecule has 0 heterocycles. The second kappa shape index (κ2) is 3.62. The lowest BCUT2D eigenvalue weighted by atomic mass is 10.6. The van der Waals surface area contributed by atoms with Crippen molar-refractivity contribution in [1.82, 2.24) is 0 Å². The largest absolute Gasteiger partial charge is 0.298 e. The van der Waals surface area contributed by atoms with Crippen molar-refractivity contribution in [3.8, 4) is 0 Å². The number of hydrogen-bond acceptors (Lipinski definition) is 2. The Morgan fingerprint density at radius 3 is 2.22 bits per heavy atom. The summed E-state index contributed by atoms with van der Waals surface area (Å²) in [5.74, 6) is 0.589. The highest BCUT2D eigenvalue weighted by atomic mass is 32.7. The molecule has 0 aliphatic rings. The molecule has 0 radical (unpaired) electrons. The Morgan fingerprint density at radius 2 is 2.11 bits per heavy atom. The van der Waals surface area contributed by atoms with E-state index in [2.05, 4.69) is 0 Å². The molecular weight excluding hydrogens is 158 g/mol. The first-order chi connectivity index (χ1) is 4.00. The summed E-state index contributed by atoms with van der Waals surface area (Å²) in [6.45, 7) is 1.74. The monoisotopic (exact) mass is 170 g/mol. The summed E-state index contributed by atoms with van der Waals surface area (Å²) in [6, 6.07) is 0. The van der Waals surface area contributed by atoms with E-state index in [-0.39, 0.29) is 5.66 Å². The van der Waals surface area contributed by atoms with Crippen molar-refractivity contribution in [2.45, 2.75) is 26.4 Å². The molecule has 0 rings (SSSR count). The summed E-state index contributed by atoms with van der Waals surface area (Å²) >= 11 is 0.931. The SMILES string of the molecule is CCSP(=O)(F)C(C)C. The maximum atomic E-state index is 12.7. The molecule has 1 unspecified atom stereocenters. The Morgan fingerprint density at radius 1 is 1.67 bits per heavy atom. The van der Waals surface area contributed by atoms with Gasteiger partial charge in [0.15, 0.2) is 0 Å². The van der Waals surface area contributed by atoms with Gasteiger partial charge in [-0.25, -0.2) is 0 Å². The molecule has 0 aromatic carbocycles. The molecule has 4 heteroatoms. The van der Waals surface area contributed by atoms with Crippen LogP contribution in [0.5, 0.6) is 0 Å². The van der Waals surface area contributed by atoms with Crippen molar-refractivity contribution in [3.63, 3.8) is 0 Å². The van der Waals surface area contributed by atoms with E-state index in [1.807, 2.05) is 0 Å². The first-order valence-electron chi connectivity index (χ1n) is 2.94. The maximum Gasteiger partial charge on any atom is 0.298 e. The van der Waals surface area contributed by atoms with E-state index in [1.165, 1.54) is 0 Å². The van der Waals surface area contributed by atoms with E-state index < -0.39 is 6.65 Å². The number of halogens is 1. The van der Waals surface area contributed by atoms with Gasteiger partial charge in [0, 0.05) is 5.66 Å². The predicted molar refractivity (Wildman–Crippen MR) is 42.0 cm³/mol. The minimum absolute atomic E-state index is 0.331. The Labute approximate surface area is 59.6 Å². The average Bonchev–Trinajstić information content (AvgIpc) is 1.65. The van der Waals surface area contributed by atoms with Gasteiger partial charge in [-0.15, -0.1) is 0 Å². The van der Waals surface area contributed by atoms with Crippen molar-refractivity contribution in [2.75, 3.05) is 5.75 Å². The van der Waals surface area contributed by atoms with Gasteiger partial charge in [0.25, 0.3) is 6.65 Å². The first-order valence-corrected chi connectivity index (χ1v) is 6.20. The maximum absolute atomic E-state index is 12.7. The molecule has 0 bridgehead atoms. The van der Waals surface area contributed by atoms with Crippen LogP contribution in [-0.2, 0) is 4.57 Å². The highest BCUT2D eigenvalue weighted by Gasteiger charge is 2.24. The summed E-state index contributed by atoms with van der Waals surface area (Å²) in [5.41, 5.74) is -0.331. The molecule has 0 saturated carbocycles. The van der Waals surface area contributed by atoms with E-state index in [4.69, 9.17) is 0 Å². The third-order valence-corrected chi connectivity index (χ3v) is 5.86. The fraction of sp³-hybridized carbons (Fsp3) is 1.00. The topological polar surface area (TPSA) is 17.1 Å². The molecule has 0 aromatic heterocycles. The summed E-state index contributed by atoms with van der Waals surface area (Å²) in [5, 5.41) is 0. The molecule has 0 saturated heterocycles. The van der Waals surface area contributed by atoms with E-state index in [0.717, 1.165) is 11.4 Å². The number of hydrogen-bond donors (Lipinski definition) is 0. The fourth-order valence-electron chi connectivity index (χ4n) is 0.325. The summed E-state index contributed by atoms with van der Waals surface area (Å²) in [4.78, 5) is 0. The van der Waals surface area contributed by atoms with Crippen LogP contribution in [0.3, 0.4) is 0 Å². The molecule has 1 atom stereocenters. The summed E-state index contributed by atoms with van der Waals surface area (Å²) < 4.78 is 23.5. The molecule has 0 aromatic rings. The van der Waals surface area contributed by atoms with E-state index in [9.17, 15) is 8.76 Å². The van der Waals surface area contributed by atoms with Crippen LogP contribution in [0.4, 0.5) is 4.20 Å². The highest BCUT2D eigenvalue weighted by molar-refractivity contribution is 8.56. The fourth-order valence-corrected chi connectivity index (χ4v) is 2.93. The van der Waals surface area contributed by atoms with Gasteiger partial charge in [-0.3, -0.25) is 4.57 Å². The third kappa shape index (κ3) is 3.27. The van der Waals surface area contributed by atoms with Gasteiger partial charge in [-0.2, -0.15) is 4.20 Å². The normalized spacial score (nSPS) is 17.9. The van der Waals surface area contributed by atoms with Gasteiger partial charge >= 0.3 is 0 Å². The molecule has 0 aliphatic carbocycles. The molecule has 0 N–H and O–H groups in total. The van der Waals surface area contributed by atoms with Crippen molar-refractivity contribution in [2.24, 2.45) is 0 Å². The zero-order chi connectivity index (χ0) is 7.49. The van der Waals surface area contributed by atoms with Gasteiger partial charge in [0.2, 0.25) is 0 Å². The van der Waals surface area contributed by atoms with Crippen LogP contribution in [-0.4, -0.2) is 11.4 Å². The van der Waals surface area contributed by atoms with E-state index in [1.54, 1.807) is 20.8 Å². The Kier molecular flexibility index (Phi) is 3.83. The van der Waals surface area contributed by atoms with Gasteiger partial charge in [0.1, 0.15) is 0 Å². The smallest absolute Gasteiger partial charge is 0.275 e. The molecule has 0 aliphatic heterocycles. The Hall–Kier alpha value is 0.510. The second-order valence-corrected chi connectivity index (χ2v) is 7.21. The minimum Gasteiger partial charge on any atom is -0.275 e. The molecule has 0 spiro atoms. The van der Waals surface area contributed by atoms with Crippen LogP contribution in [0.1, 0.15) is 20.8 Å². The molecule has 0 fully saturated rings. The quantitative estimate of drug-likeness (QED) is 0.604. The van der Waals surface area contributed by atoms with Gasteiger partial charge in [0.05, 0.1) is 0 Å². The van der Waals surface area contributed by atoms with Crippen molar-refractivity contribution < 1.29 is 8.76 Å². The standard InChI is InChI=1S/C5H12FOPS/c1-4-9-8(6,7)5(2)3/h5H,4H2,1-3H3. The van der Waals surface area contributed by atoms with E-state index in [0.29, 0.717) is 5.75 Å². The molecule has 56 valence electrons. The van der Waals surface area contributed by atoms with Crippen molar-refractivity contribution in [1.29, 1.82) is 0 Å². The Balaban J connectivity index is 3.87. The van der Waals surface area contributed by atoms with Crippen molar-refractivity contribution >= 4 is 18.0 Å². The van der Waals surface area contributed by atoms with Crippen LogP contribution < -0.4 is 0 Å². The zero-order valence-corrected chi connectivity index (χ0v) is 7.64. The number of rotatable bonds is 3. The minimum atomic E-state index is -3.35. The van der Waals surface area contributed by atoms with Gasteiger partial charge in [-0.05, 0) is 5.75 Å². The zero-order valence-electron chi connectivity index (χ0n) is 5.93. The third-order valence-electron chi connectivity index (χ3n) is 0.922. The van der Waals surface area contributed by atoms with Crippen LogP contribution in [0.25, 0.3) is 0 Å². The second-order valence-electron chi connectivity index (χ2n) is 2.03. The summed E-state index contributed by atoms with van der Waals surface area (Å²) in [7, 11) is 0. The lowest BCUT2D eigenvalue weighted by Crippen LogP contribution is -1.88. The molecule has 0 amide bonds. The Bertz CT molecular complexity index is 126. The van der Waals surface area contributed by atoms with Crippen LogP contribution in [0.2, 0.25) is 0 Å². The van der Waals surface area contributed by atoms with E-state index >= 15 is 0 Å². The first kappa shape index (κ1) is 9.51. The van der Waals surface area contributed by atoms with Crippen LogP contribution in [0.15, 0.2) is 0 Å². The molecular formula is C5H12FOPS. The predicted octanol–water partition coefficient (Wildman–Crippen LogP) is 3.31. The molecule has 1 nitrogen and oxygen atoms in total. The molecule has 9 heavy (non-hydrogen) atoms. The van der Waals surface area contributed by atoms with Gasteiger partial charge in [-0.1, -0.05) is 32.2 Å². The summed E-state index contributed by atoms with van der Waals surface area (Å²) in [6.07, 6.45) is 0. The highest BCUT2D eigenvalue weighted by Crippen LogP contribution is 2.63.